The van der Waals surface area contributed by atoms with Gasteiger partial charge in [0.1, 0.15) is 0 Å². The molecule has 8 nitrogen and oxygen atoms in total. The lowest BCUT2D eigenvalue weighted by molar-refractivity contribution is -0.269. The van der Waals surface area contributed by atoms with E-state index in [2.05, 4.69) is 13.5 Å². The molecule has 3 saturated heterocycles. The first kappa shape index (κ1) is 24.6. The maximum Gasteiger partial charge on any atom is 0.305 e. The minimum atomic E-state index is -0.742. The highest BCUT2D eigenvalue weighted by molar-refractivity contribution is 5.69. The van der Waals surface area contributed by atoms with Crippen LogP contribution in [0, 0.1) is 11.8 Å². The molecule has 0 aromatic rings. The maximum absolute atomic E-state index is 11.5. The van der Waals surface area contributed by atoms with Gasteiger partial charge in [0.15, 0.2) is 0 Å². The molecule has 0 aliphatic carbocycles. The molecule has 0 aromatic carbocycles. The van der Waals surface area contributed by atoms with E-state index in [-0.39, 0.29) is 48.8 Å². The summed E-state index contributed by atoms with van der Waals surface area (Å²) in [7, 11) is 1.38. The van der Waals surface area contributed by atoms with Crippen molar-refractivity contribution in [1.29, 1.82) is 0 Å². The van der Waals surface area contributed by atoms with Gasteiger partial charge in [0.25, 0.3) is 0 Å². The molecule has 3 heterocycles. The predicted octanol–water partition coefficient (Wildman–Crippen LogP) is 1.34. The Bertz CT molecular complexity index is 625. The van der Waals surface area contributed by atoms with Crippen LogP contribution >= 0.6 is 0 Å². The lowest BCUT2D eigenvalue weighted by Gasteiger charge is -2.50. The third-order valence-corrected chi connectivity index (χ3v) is 7.17. The van der Waals surface area contributed by atoms with Crippen molar-refractivity contribution >= 4 is 5.97 Å². The minimum Gasteiger partial charge on any atom is -0.469 e. The molecule has 3 aliphatic rings. The fourth-order valence-electron chi connectivity index (χ4n) is 5.14. The topological polar surface area (TPSA) is 115 Å². The van der Waals surface area contributed by atoms with E-state index in [1.54, 1.807) is 0 Å². The first-order valence-corrected chi connectivity index (χ1v) is 11.4. The maximum atomic E-state index is 11.5. The summed E-state index contributed by atoms with van der Waals surface area (Å²) in [4.78, 5) is 11.5. The number of hydrogen-bond acceptors (Lipinski definition) is 8. The second-order valence-electron chi connectivity index (χ2n) is 9.33. The third-order valence-electron chi connectivity index (χ3n) is 7.17. The number of fused-ring (bicyclic) bond motifs is 1. The summed E-state index contributed by atoms with van der Waals surface area (Å²) in [6.45, 7) is 8.19. The molecule has 10 atom stereocenters. The largest absolute Gasteiger partial charge is 0.469 e. The Labute approximate surface area is 184 Å². The van der Waals surface area contributed by atoms with Gasteiger partial charge in [-0.15, -0.1) is 0 Å². The molecule has 0 amide bonds. The third kappa shape index (κ3) is 5.67. The van der Waals surface area contributed by atoms with Crippen molar-refractivity contribution in [2.45, 2.75) is 101 Å². The van der Waals surface area contributed by atoms with E-state index in [1.165, 1.54) is 7.11 Å². The standard InChI is InChI=1S/C23H38O8/c1-12-9-15(5-6-21(26)28-4)29-18(13(12)2)11-19-22(27)14(3)23-20(30-19)10-16(25)17(31-23)7-8-24/h12,14-20,22-25,27H,2,5-11H2,1,3-4H3/t12-,14-,15?,16-,17?,18?,19+,20+,22-,23+/m1/s1. The molecule has 0 bridgehead atoms. The van der Waals surface area contributed by atoms with E-state index < -0.39 is 24.4 Å². The van der Waals surface area contributed by atoms with Gasteiger partial charge in [-0.2, -0.15) is 0 Å². The number of methoxy groups -OCH3 is 1. The van der Waals surface area contributed by atoms with Crippen molar-refractivity contribution in [1.82, 2.24) is 0 Å². The number of aliphatic hydroxyl groups is 3. The lowest BCUT2D eigenvalue weighted by atomic mass is 9.79. The smallest absolute Gasteiger partial charge is 0.305 e. The number of rotatable bonds is 7. The summed E-state index contributed by atoms with van der Waals surface area (Å²) < 4.78 is 23.2. The summed E-state index contributed by atoms with van der Waals surface area (Å²) in [6, 6.07) is 0. The number of esters is 1. The van der Waals surface area contributed by atoms with Crippen molar-refractivity contribution in [2.24, 2.45) is 11.8 Å². The Morgan fingerprint density at radius 1 is 1.13 bits per heavy atom. The van der Waals surface area contributed by atoms with Gasteiger partial charge in [0.05, 0.1) is 55.9 Å². The molecule has 3 N–H and O–H groups in total. The van der Waals surface area contributed by atoms with Gasteiger partial charge in [0, 0.05) is 31.8 Å². The molecule has 3 unspecified atom stereocenters. The Balaban J connectivity index is 1.63. The van der Waals surface area contributed by atoms with Crippen LogP contribution in [0.15, 0.2) is 12.2 Å². The van der Waals surface area contributed by atoms with Crippen molar-refractivity contribution < 1.29 is 39.1 Å². The molecule has 31 heavy (non-hydrogen) atoms. The quantitative estimate of drug-likeness (QED) is 0.400. The van der Waals surface area contributed by atoms with Crippen LogP contribution < -0.4 is 0 Å². The molecule has 178 valence electrons. The molecule has 3 fully saturated rings. The van der Waals surface area contributed by atoms with Gasteiger partial charge in [-0.1, -0.05) is 20.4 Å². The average molecular weight is 443 g/mol. The Morgan fingerprint density at radius 3 is 2.55 bits per heavy atom. The van der Waals surface area contributed by atoms with Gasteiger partial charge in [-0.25, -0.2) is 0 Å². The highest BCUT2D eigenvalue weighted by Gasteiger charge is 2.49. The molecule has 0 aromatic heterocycles. The van der Waals surface area contributed by atoms with Gasteiger partial charge >= 0.3 is 5.97 Å². The van der Waals surface area contributed by atoms with Crippen LogP contribution in [0.4, 0.5) is 0 Å². The zero-order chi connectivity index (χ0) is 22.7. The van der Waals surface area contributed by atoms with E-state index in [1.807, 2.05) is 6.92 Å². The van der Waals surface area contributed by atoms with Gasteiger partial charge in [-0.3, -0.25) is 4.79 Å². The molecular weight excluding hydrogens is 404 g/mol. The average Bonchev–Trinajstić information content (AvgIpc) is 2.74. The summed E-state index contributed by atoms with van der Waals surface area (Å²) in [5.74, 6) is -0.188. The number of aliphatic hydroxyl groups excluding tert-OH is 3. The van der Waals surface area contributed by atoms with Crippen molar-refractivity contribution in [2.75, 3.05) is 13.7 Å². The van der Waals surface area contributed by atoms with Crippen LogP contribution in [0.2, 0.25) is 0 Å². The first-order chi connectivity index (χ1) is 14.7. The van der Waals surface area contributed by atoms with E-state index in [0.29, 0.717) is 32.1 Å². The summed E-state index contributed by atoms with van der Waals surface area (Å²) in [5, 5.41) is 30.5. The Hall–Kier alpha value is -1.03. The number of ether oxygens (including phenoxy) is 4. The van der Waals surface area contributed by atoms with E-state index in [0.717, 1.165) is 12.0 Å². The monoisotopic (exact) mass is 442 g/mol. The van der Waals surface area contributed by atoms with Crippen LogP contribution in [-0.2, 0) is 23.7 Å². The lowest BCUT2D eigenvalue weighted by Crippen LogP contribution is -2.60. The van der Waals surface area contributed by atoms with E-state index in [9.17, 15) is 20.1 Å². The van der Waals surface area contributed by atoms with Crippen molar-refractivity contribution in [3.63, 3.8) is 0 Å². The molecule has 3 rings (SSSR count). The first-order valence-electron chi connectivity index (χ1n) is 11.4. The van der Waals surface area contributed by atoms with Gasteiger partial charge in [-0.05, 0) is 30.8 Å². The highest BCUT2D eigenvalue weighted by Crippen LogP contribution is 2.40. The van der Waals surface area contributed by atoms with Crippen LogP contribution in [0.1, 0.15) is 52.4 Å². The molecular formula is C23H38O8. The SMILES string of the molecule is C=C1C(C[C@@H]2O[C@H]3C[C@@H](O)C(CCO)O[C@H]3[C@H](C)[C@H]2O)OC(CCC(=O)OC)C[C@H]1C. The molecule has 8 heteroatoms. The predicted molar refractivity (Wildman–Crippen MR) is 112 cm³/mol. The summed E-state index contributed by atoms with van der Waals surface area (Å²) in [5.41, 5.74) is 0.975. The van der Waals surface area contributed by atoms with Crippen molar-refractivity contribution in [3.05, 3.63) is 12.2 Å². The molecule has 3 aliphatic heterocycles. The zero-order valence-electron chi connectivity index (χ0n) is 18.8. The molecule has 0 spiro atoms. The second kappa shape index (κ2) is 10.7. The molecule has 0 radical (unpaired) electrons. The second-order valence-corrected chi connectivity index (χ2v) is 9.33. The van der Waals surface area contributed by atoms with Crippen LogP contribution in [0.3, 0.4) is 0 Å². The van der Waals surface area contributed by atoms with Gasteiger partial charge < -0.3 is 34.3 Å². The number of carbonyl (C=O) groups is 1. The normalized spacial score (nSPS) is 43.4. The van der Waals surface area contributed by atoms with Crippen molar-refractivity contribution in [3.8, 4) is 0 Å². The van der Waals surface area contributed by atoms with Crippen LogP contribution in [0.5, 0.6) is 0 Å². The Kier molecular flexibility index (Phi) is 8.51. The highest BCUT2D eigenvalue weighted by atomic mass is 16.6. The number of hydrogen-bond donors (Lipinski definition) is 3. The molecule has 0 saturated carbocycles. The Morgan fingerprint density at radius 2 is 1.87 bits per heavy atom. The number of carbonyl (C=O) groups excluding carboxylic acids is 1. The fraction of sp³-hybridized carbons (Fsp3) is 0.870. The minimum absolute atomic E-state index is 0.0595. The van der Waals surface area contributed by atoms with Crippen LogP contribution in [-0.4, -0.2) is 83.8 Å². The van der Waals surface area contributed by atoms with Crippen LogP contribution in [0.25, 0.3) is 0 Å². The van der Waals surface area contributed by atoms with E-state index in [4.69, 9.17) is 18.9 Å². The fourth-order valence-corrected chi connectivity index (χ4v) is 5.14. The zero-order valence-corrected chi connectivity index (χ0v) is 18.8. The summed E-state index contributed by atoms with van der Waals surface area (Å²) in [6.07, 6.45) is -0.432. The summed E-state index contributed by atoms with van der Waals surface area (Å²) >= 11 is 0. The van der Waals surface area contributed by atoms with E-state index >= 15 is 0 Å². The van der Waals surface area contributed by atoms with Gasteiger partial charge in [0.2, 0.25) is 0 Å².